The van der Waals surface area contributed by atoms with E-state index in [1.165, 1.54) is 38.5 Å². The van der Waals surface area contributed by atoms with Crippen molar-refractivity contribution in [2.75, 3.05) is 19.5 Å². The number of carbonyl (C=O) groups is 3. The number of allylic oxidation sites excluding steroid dienone is 2. The predicted molar refractivity (Wildman–Crippen MR) is 101 cm³/mol. The van der Waals surface area contributed by atoms with Crippen LogP contribution in [0, 0.1) is 5.82 Å². The van der Waals surface area contributed by atoms with Gasteiger partial charge in [-0.3, -0.25) is 9.59 Å². The zero-order valence-corrected chi connectivity index (χ0v) is 16.3. The number of methoxy groups -OCH3 is 1. The SMILES string of the molecule is C1=CCCC1.C=O.CO.COC(C(N)=O)C(=O)Nc1cc(F)cc(Br)c1. The van der Waals surface area contributed by atoms with Crippen LogP contribution in [0.4, 0.5) is 10.1 Å². The maximum atomic E-state index is 13.0. The number of benzene rings is 1. The van der Waals surface area contributed by atoms with E-state index in [1.807, 2.05) is 6.79 Å². The van der Waals surface area contributed by atoms with Gasteiger partial charge in [0.25, 0.3) is 11.8 Å². The molecule has 26 heavy (non-hydrogen) atoms. The molecular formula is C17H24BrFN2O5. The molecule has 0 aliphatic heterocycles. The minimum atomic E-state index is -1.41. The molecule has 0 fully saturated rings. The molecule has 0 radical (unpaired) electrons. The van der Waals surface area contributed by atoms with Crippen molar-refractivity contribution < 1.29 is 28.6 Å². The molecule has 2 rings (SSSR count). The Kier molecular flexibility index (Phi) is 16.5. The van der Waals surface area contributed by atoms with Crippen LogP contribution in [0.15, 0.2) is 34.8 Å². The summed E-state index contributed by atoms with van der Waals surface area (Å²) in [4.78, 5) is 30.4. The normalized spacial score (nSPS) is 12.2. The largest absolute Gasteiger partial charge is 0.400 e. The zero-order valence-electron chi connectivity index (χ0n) is 14.7. The van der Waals surface area contributed by atoms with Gasteiger partial charge in [-0.1, -0.05) is 28.1 Å². The van der Waals surface area contributed by atoms with Crippen LogP contribution in [0.2, 0.25) is 0 Å². The van der Waals surface area contributed by atoms with Gasteiger partial charge in [-0.25, -0.2) is 4.39 Å². The van der Waals surface area contributed by atoms with Gasteiger partial charge in [0.2, 0.25) is 6.10 Å². The van der Waals surface area contributed by atoms with Crippen molar-refractivity contribution in [3.8, 4) is 0 Å². The van der Waals surface area contributed by atoms with Gasteiger partial charge < -0.3 is 25.7 Å². The van der Waals surface area contributed by atoms with E-state index in [4.69, 9.17) is 15.6 Å². The van der Waals surface area contributed by atoms with Gasteiger partial charge in [0.15, 0.2) is 0 Å². The van der Waals surface area contributed by atoms with E-state index >= 15 is 0 Å². The standard InChI is InChI=1S/C10H10BrFN2O3.C5H8.CH4O.CH2O/c1-17-8(9(13)15)10(16)14-7-3-5(11)2-6(12)4-7;1-2-4-5-3-1;2*1-2/h2-4,8H,1H3,(H2,13,15)(H,14,16);1-2H,3-5H2;2H,1H3;1H2. The van der Waals surface area contributed by atoms with Crippen molar-refractivity contribution in [3.63, 3.8) is 0 Å². The van der Waals surface area contributed by atoms with E-state index in [0.717, 1.165) is 13.2 Å². The van der Waals surface area contributed by atoms with Crippen molar-refractivity contribution in [3.05, 3.63) is 40.6 Å². The second-order valence-electron chi connectivity index (χ2n) is 4.57. The van der Waals surface area contributed by atoms with Crippen LogP contribution < -0.4 is 11.1 Å². The van der Waals surface area contributed by atoms with Crippen molar-refractivity contribution in [2.24, 2.45) is 5.73 Å². The lowest BCUT2D eigenvalue weighted by Crippen LogP contribution is -2.40. The molecule has 7 nitrogen and oxygen atoms in total. The first kappa shape index (κ1) is 26.1. The number of amides is 2. The molecule has 0 saturated carbocycles. The fourth-order valence-corrected chi connectivity index (χ4v) is 2.24. The molecule has 2 amide bonds. The Morgan fingerprint density at radius 1 is 1.27 bits per heavy atom. The van der Waals surface area contributed by atoms with Gasteiger partial charge in [-0.2, -0.15) is 0 Å². The molecule has 0 saturated heterocycles. The quantitative estimate of drug-likeness (QED) is 0.495. The highest BCUT2D eigenvalue weighted by Crippen LogP contribution is 2.18. The van der Waals surface area contributed by atoms with Crippen LogP contribution in [0.5, 0.6) is 0 Å². The second kappa shape index (κ2) is 16.4. The number of aliphatic hydroxyl groups is 1. The van der Waals surface area contributed by atoms with Crippen molar-refractivity contribution in [2.45, 2.75) is 25.4 Å². The maximum Gasteiger partial charge on any atom is 0.263 e. The minimum Gasteiger partial charge on any atom is -0.400 e. The van der Waals surface area contributed by atoms with Crippen LogP contribution >= 0.6 is 15.9 Å². The number of primary amides is 1. The number of ether oxygens (including phenoxy) is 1. The van der Waals surface area contributed by atoms with E-state index < -0.39 is 23.7 Å². The molecule has 1 aliphatic rings. The van der Waals surface area contributed by atoms with Crippen molar-refractivity contribution in [1.82, 2.24) is 0 Å². The summed E-state index contributed by atoms with van der Waals surface area (Å²) in [5.74, 6) is -2.19. The van der Waals surface area contributed by atoms with E-state index in [-0.39, 0.29) is 5.69 Å². The van der Waals surface area contributed by atoms with Gasteiger partial charge in [0.1, 0.15) is 12.6 Å². The van der Waals surface area contributed by atoms with Crippen LogP contribution in [0.3, 0.4) is 0 Å². The summed E-state index contributed by atoms with van der Waals surface area (Å²) in [6.45, 7) is 2.00. The Bertz CT molecular complexity index is 558. The molecule has 0 heterocycles. The van der Waals surface area contributed by atoms with Crippen LogP contribution in [0.1, 0.15) is 19.3 Å². The molecule has 0 aromatic heterocycles. The monoisotopic (exact) mass is 434 g/mol. The fraction of sp³-hybridized carbons (Fsp3) is 0.353. The first-order valence-corrected chi connectivity index (χ1v) is 8.21. The first-order chi connectivity index (χ1) is 12.4. The number of nitrogens with two attached hydrogens (primary N) is 1. The summed E-state index contributed by atoms with van der Waals surface area (Å²) in [6, 6.07) is 3.82. The number of hydrogen-bond donors (Lipinski definition) is 3. The molecule has 1 atom stereocenters. The molecule has 4 N–H and O–H groups in total. The Morgan fingerprint density at radius 2 is 1.81 bits per heavy atom. The van der Waals surface area contributed by atoms with Crippen LogP contribution in [0.25, 0.3) is 0 Å². The zero-order chi connectivity index (χ0) is 20.5. The highest BCUT2D eigenvalue weighted by Gasteiger charge is 2.23. The summed E-state index contributed by atoms with van der Waals surface area (Å²) in [7, 11) is 2.18. The van der Waals surface area contributed by atoms with Gasteiger partial charge in [-0.05, 0) is 37.5 Å². The molecular weight excluding hydrogens is 411 g/mol. The van der Waals surface area contributed by atoms with E-state index in [2.05, 4.69) is 38.1 Å². The third-order valence-corrected chi connectivity index (χ3v) is 3.23. The Hall–Kier alpha value is -2.10. The number of halogens is 2. The average Bonchev–Trinajstić information content (AvgIpc) is 3.17. The number of nitrogens with one attached hydrogen (secondary N) is 1. The van der Waals surface area contributed by atoms with E-state index in [1.54, 1.807) is 0 Å². The summed E-state index contributed by atoms with van der Waals surface area (Å²) in [6.07, 6.45) is 7.09. The molecule has 146 valence electrons. The lowest BCUT2D eigenvalue weighted by atomic mass is 10.2. The highest BCUT2D eigenvalue weighted by atomic mass is 79.9. The summed E-state index contributed by atoms with van der Waals surface area (Å²) < 4.78 is 18.1. The third-order valence-electron chi connectivity index (χ3n) is 2.77. The smallest absolute Gasteiger partial charge is 0.263 e. The maximum absolute atomic E-state index is 13.0. The fourth-order valence-electron chi connectivity index (χ4n) is 1.78. The highest BCUT2D eigenvalue weighted by molar-refractivity contribution is 9.10. The lowest BCUT2D eigenvalue weighted by Gasteiger charge is -2.12. The Balaban J connectivity index is 0. The molecule has 0 bridgehead atoms. The first-order valence-electron chi connectivity index (χ1n) is 7.41. The topological polar surface area (TPSA) is 119 Å². The van der Waals surface area contributed by atoms with Crippen molar-refractivity contribution in [1.29, 1.82) is 0 Å². The summed E-state index contributed by atoms with van der Waals surface area (Å²) in [5, 5.41) is 9.32. The van der Waals surface area contributed by atoms with Gasteiger partial charge >= 0.3 is 0 Å². The second-order valence-corrected chi connectivity index (χ2v) is 5.48. The average molecular weight is 435 g/mol. The van der Waals surface area contributed by atoms with E-state index in [0.29, 0.717) is 4.47 Å². The summed E-state index contributed by atoms with van der Waals surface area (Å²) >= 11 is 3.07. The molecule has 1 aromatic rings. The van der Waals surface area contributed by atoms with Crippen LogP contribution in [-0.2, 0) is 19.1 Å². The Morgan fingerprint density at radius 3 is 2.15 bits per heavy atom. The Labute approximate surface area is 160 Å². The minimum absolute atomic E-state index is 0.199. The number of anilines is 1. The van der Waals surface area contributed by atoms with Gasteiger partial charge in [0, 0.05) is 24.4 Å². The predicted octanol–water partition coefficient (Wildman–Crippen LogP) is 2.18. The number of carbonyl (C=O) groups excluding carboxylic acids is 3. The molecule has 1 aliphatic carbocycles. The van der Waals surface area contributed by atoms with Crippen molar-refractivity contribution >= 4 is 40.2 Å². The van der Waals surface area contributed by atoms with Gasteiger partial charge in [0.05, 0.1) is 0 Å². The molecule has 9 heteroatoms. The number of rotatable bonds is 4. The molecule has 0 spiro atoms. The van der Waals surface area contributed by atoms with Crippen LogP contribution in [-0.4, -0.2) is 44.0 Å². The summed E-state index contributed by atoms with van der Waals surface area (Å²) in [5.41, 5.74) is 5.15. The molecule has 1 unspecified atom stereocenters. The lowest BCUT2D eigenvalue weighted by molar-refractivity contribution is -0.138. The number of aliphatic hydroxyl groups excluding tert-OH is 1. The van der Waals surface area contributed by atoms with Gasteiger partial charge in [-0.15, -0.1) is 0 Å². The molecule has 1 aromatic carbocycles. The van der Waals surface area contributed by atoms with E-state index in [9.17, 15) is 14.0 Å². The third kappa shape index (κ3) is 11.5. The number of hydrogen-bond acceptors (Lipinski definition) is 5.